The Morgan fingerprint density at radius 3 is 1.79 bits per heavy atom. The smallest absolute Gasteiger partial charge is 0.165 e. The van der Waals surface area contributed by atoms with E-state index in [4.69, 9.17) is 30.1 Å². The number of hydrogen-bond acceptors (Lipinski definition) is 6. The van der Waals surface area contributed by atoms with Gasteiger partial charge in [-0.05, 0) is 22.2 Å². The second-order valence-electron chi connectivity index (χ2n) is 8.77. The van der Waals surface area contributed by atoms with Gasteiger partial charge in [-0.1, -0.05) is 102 Å². The first-order valence-electron chi connectivity index (χ1n) is 12.5. The maximum Gasteiger partial charge on any atom is 0.165 e. The Bertz CT molecular complexity index is 1180. The lowest BCUT2D eigenvalue weighted by molar-refractivity contribution is -0.266. The number of terminal acetylenes is 1. The van der Waals surface area contributed by atoms with Crippen molar-refractivity contribution in [3.8, 4) is 12.3 Å². The molecule has 196 valence electrons. The zero-order valence-corrected chi connectivity index (χ0v) is 21.0. The molecule has 1 saturated heterocycles. The molecule has 3 aromatic rings. The third-order valence-electron chi connectivity index (χ3n) is 6.10. The molecule has 1 heterocycles. The van der Waals surface area contributed by atoms with Gasteiger partial charge in [-0.25, -0.2) is 0 Å². The molecule has 0 spiro atoms. The standard InChI is InChI=1S/C30H31N3O5/c1-2-18-35-27-26(22-34-19-23-12-6-3-7-13-23)38-30(32-33-31)29(37-21-25-16-10-5-11-17-25)28(27)36-20-24-14-8-4-9-15-24/h1,3-17,26-30H,18-22H2/t26-,27+,28+,29-,30-/m1/s1. The fourth-order valence-electron chi connectivity index (χ4n) is 4.29. The molecule has 4 rings (SSSR count). The summed E-state index contributed by atoms with van der Waals surface area (Å²) in [7, 11) is 0. The molecule has 0 bridgehead atoms. The van der Waals surface area contributed by atoms with Crippen LogP contribution in [0.3, 0.4) is 0 Å². The zero-order valence-electron chi connectivity index (χ0n) is 21.0. The molecular formula is C30H31N3O5. The van der Waals surface area contributed by atoms with Crippen LogP contribution in [0, 0.1) is 12.3 Å². The highest BCUT2D eigenvalue weighted by Gasteiger charge is 2.48. The molecule has 0 aliphatic carbocycles. The molecule has 38 heavy (non-hydrogen) atoms. The number of nitrogens with zero attached hydrogens (tertiary/aromatic N) is 3. The summed E-state index contributed by atoms with van der Waals surface area (Å²) in [5.74, 6) is 2.52. The first-order chi connectivity index (χ1) is 18.8. The molecule has 0 amide bonds. The van der Waals surface area contributed by atoms with Gasteiger partial charge in [0.2, 0.25) is 0 Å². The molecule has 5 atom stereocenters. The van der Waals surface area contributed by atoms with E-state index >= 15 is 0 Å². The van der Waals surface area contributed by atoms with Gasteiger partial charge in [0, 0.05) is 4.91 Å². The van der Waals surface area contributed by atoms with Crippen LogP contribution in [0.15, 0.2) is 96.1 Å². The lowest BCUT2D eigenvalue weighted by Crippen LogP contribution is -2.60. The van der Waals surface area contributed by atoms with Gasteiger partial charge < -0.3 is 23.7 Å². The SMILES string of the molecule is C#CCO[C@@H]1[C@H](OCc2ccccc2)[C@@H](OCc2ccccc2)[C@H](N=[N+]=[N-])O[C@@H]1COCc1ccccc1. The van der Waals surface area contributed by atoms with Crippen LogP contribution in [0.5, 0.6) is 0 Å². The Morgan fingerprint density at radius 2 is 1.26 bits per heavy atom. The van der Waals surface area contributed by atoms with E-state index in [0.717, 1.165) is 16.7 Å². The van der Waals surface area contributed by atoms with Crippen molar-refractivity contribution < 1.29 is 23.7 Å². The van der Waals surface area contributed by atoms with Gasteiger partial charge in [0.15, 0.2) is 6.23 Å². The fraction of sp³-hybridized carbons (Fsp3) is 0.333. The molecule has 0 N–H and O–H groups in total. The van der Waals surface area contributed by atoms with Gasteiger partial charge in [-0.2, -0.15) is 0 Å². The molecule has 8 nitrogen and oxygen atoms in total. The summed E-state index contributed by atoms with van der Waals surface area (Å²) in [5.41, 5.74) is 12.3. The minimum Gasteiger partial charge on any atom is -0.374 e. The maximum atomic E-state index is 9.33. The summed E-state index contributed by atoms with van der Waals surface area (Å²) in [5, 5.41) is 3.92. The lowest BCUT2D eigenvalue weighted by atomic mass is 9.97. The Morgan fingerprint density at radius 1 is 0.737 bits per heavy atom. The Balaban J connectivity index is 1.57. The van der Waals surface area contributed by atoms with E-state index in [1.54, 1.807) is 0 Å². The second kappa shape index (κ2) is 14.9. The predicted molar refractivity (Wildman–Crippen MR) is 143 cm³/mol. The number of ether oxygens (including phenoxy) is 5. The van der Waals surface area contributed by atoms with Gasteiger partial charge in [0.05, 0.1) is 26.4 Å². The van der Waals surface area contributed by atoms with Crippen molar-refractivity contribution in [2.24, 2.45) is 5.11 Å². The summed E-state index contributed by atoms with van der Waals surface area (Å²) in [6.45, 7) is 1.18. The van der Waals surface area contributed by atoms with Crippen molar-refractivity contribution in [1.29, 1.82) is 0 Å². The lowest BCUT2D eigenvalue weighted by Gasteiger charge is -2.44. The average molecular weight is 514 g/mol. The highest BCUT2D eigenvalue weighted by molar-refractivity contribution is 5.15. The first-order valence-corrected chi connectivity index (χ1v) is 12.5. The Hall–Kier alpha value is -3.67. The normalized spacial score (nSPS) is 22.8. The van der Waals surface area contributed by atoms with Gasteiger partial charge in [0.25, 0.3) is 0 Å². The summed E-state index contributed by atoms with van der Waals surface area (Å²) >= 11 is 0. The van der Waals surface area contributed by atoms with Crippen LogP contribution in [-0.2, 0) is 43.5 Å². The number of rotatable bonds is 13. The van der Waals surface area contributed by atoms with E-state index in [1.807, 2.05) is 91.0 Å². The highest BCUT2D eigenvalue weighted by Crippen LogP contribution is 2.31. The molecular weight excluding hydrogens is 482 g/mol. The molecule has 1 aliphatic rings. The number of azide groups is 1. The van der Waals surface area contributed by atoms with Gasteiger partial charge in [-0.3, -0.25) is 0 Å². The van der Waals surface area contributed by atoms with Gasteiger partial charge >= 0.3 is 0 Å². The number of hydrogen-bond donors (Lipinski definition) is 0. The summed E-state index contributed by atoms with van der Waals surface area (Å²) in [4.78, 5) is 3.02. The van der Waals surface area contributed by atoms with Crippen LogP contribution in [0.4, 0.5) is 0 Å². The third-order valence-corrected chi connectivity index (χ3v) is 6.10. The minimum absolute atomic E-state index is 0.0476. The van der Waals surface area contributed by atoms with E-state index in [9.17, 15) is 5.53 Å². The Kier molecular flexibility index (Phi) is 10.7. The molecule has 0 saturated carbocycles. The van der Waals surface area contributed by atoms with Crippen molar-refractivity contribution >= 4 is 0 Å². The monoisotopic (exact) mass is 513 g/mol. The van der Waals surface area contributed by atoms with Crippen molar-refractivity contribution in [2.45, 2.75) is 50.5 Å². The largest absolute Gasteiger partial charge is 0.374 e. The minimum atomic E-state index is -0.958. The van der Waals surface area contributed by atoms with Crippen LogP contribution in [-0.4, -0.2) is 43.9 Å². The van der Waals surface area contributed by atoms with Crippen LogP contribution in [0.1, 0.15) is 16.7 Å². The molecule has 1 aliphatic heterocycles. The van der Waals surface area contributed by atoms with E-state index < -0.39 is 30.6 Å². The summed E-state index contributed by atoms with van der Waals surface area (Å²) < 4.78 is 31.0. The van der Waals surface area contributed by atoms with E-state index in [-0.39, 0.29) is 19.8 Å². The molecule has 0 unspecified atom stereocenters. The van der Waals surface area contributed by atoms with Crippen LogP contribution < -0.4 is 0 Å². The quantitative estimate of drug-likeness (QED) is 0.132. The molecule has 0 radical (unpaired) electrons. The summed E-state index contributed by atoms with van der Waals surface area (Å²) in [6.07, 6.45) is 1.94. The van der Waals surface area contributed by atoms with E-state index in [1.165, 1.54) is 0 Å². The van der Waals surface area contributed by atoms with Crippen molar-refractivity contribution in [3.63, 3.8) is 0 Å². The topological polar surface area (TPSA) is 94.9 Å². The van der Waals surface area contributed by atoms with Crippen LogP contribution >= 0.6 is 0 Å². The summed E-state index contributed by atoms with van der Waals surface area (Å²) in [6, 6.07) is 29.3. The molecule has 3 aromatic carbocycles. The fourth-order valence-corrected chi connectivity index (χ4v) is 4.29. The van der Waals surface area contributed by atoms with E-state index in [0.29, 0.717) is 13.2 Å². The van der Waals surface area contributed by atoms with Crippen LogP contribution in [0.2, 0.25) is 0 Å². The first kappa shape index (κ1) is 27.4. The van der Waals surface area contributed by atoms with Crippen LogP contribution in [0.25, 0.3) is 10.4 Å². The van der Waals surface area contributed by atoms with Crippen molar-refractivity contribution in [3.05, 3.63) is 118 Å². The Labute approximate surface area is 223 Å². The molecule has 1 fully saturated rings. The average Bonchev–Trinajstić information content (AvgIpc) is 2.96. The van der Waals surface area contributed by atoms with Gasteiger partial charge in [-0.15, -0.1) is 6.42 Å². The maximum absolute atomic E-state index is 9.33. The van der Waals surface area contributed by atoms with E-state index in [2.05, 4.69) is 15.9 Å². The van der Waals surface area contributed by atoms with Crippen molar-refractivity contribution in [2.75, 3.05) is 13.2 Å². The highest BCUT2D eigenvalue weighted by atomic mass is 16.6. The molecule has 8 heteroatoms. The van der Waals surface area contributed by atoms with Gasteiger partial charge in [0.1, 0.15) is 31.0 Å². The third kappa shape index (κ3) is 7.91. The van der Waals surface area contributed by atoms with Crippen molar-refractivity contribution in [1.82, 2.24) is 0 Å². The molecule has 0 aromatic heterocycles. The number of benzene rings is 3. The second-order valence-corrected chi connectivity index (χ2v) is 8.77. The predicted octanol–water partition coefficient (Wildman–Crippen LogP) is 5.43. The zero-order chi connectivity index (χ0) is 26.4.